The molecule has 0 radical (unpaired) electrons. The number of nitrogens with one attached hydrogen (secondary N) is 5. The molecular formula is C76H141N29O13. The van der Waals surface area contributed by atoms with Gasteiger partial charge in [0.05, 0.1) is 18.6 Å². The van der Waals surface area contributed by atoms with E-state index < -0.39 is 82.7 Å². The average Bonchev–Trinajstić information content (AvgIpc) is 0.892. The van der Waals surface area contributed by atoms with Gasteiger partial charge in [-0.05, 0) is 135 Å². The first-order chi connectivity index (χ1) is 55.8. The number of guanidine groups is 8. The molecule has 37 N–H and O–H groups in total. The SMILES string of the molecule is CCC(CCCN=C(N)N)C(=O)NCCCC(=O)CC(CCCN=C(N)N)C(=O)NC(CCCN=C(N)N)C(=O)CCCC(=O)CC(CCCN=C(N)N)C(=O)CC(CCCN=C(N)N)C(=O)NCCCC(=O)CC(CCCN=C(N)N)C(=O)NC(CCCN=C(N)N)C(=O)CCCC(=O)CC(CCCN=C(N)N)C(=O)NCC(=O)C(C)C. The van der Waals surface area contributed by atoms with Gasteiger partial charge in [0.1, 0.15) is 28.9 Å². The van der Waals surface area contributed by atoms with Crippen LogP contribution in [-0.2, 0) is 62.3 Å². The van der Waals surface area contributed by atoms with Crippen molar-refractivity contribution in [2.24, 2.45) is 173 Å². The number of carbonyl (C=O) groups is 13. The molecule has 0 heterocycles. The van der Waals surface area contributed by atoms with Crippen molar-refractivity contribution in [2.75, 3.05) is 72.0 Å². The van der Waals surface area contributed by atoms with Gasteiger partial charge in [0, 0.05) is 178 Å². The Morgan fingerprint density at radius 2 is 0.500 bits per heavy atom. The van der Waals surface area contributed by atoms with Crippen LogP contribution >= 0.6 is 0 Å². The van der Waals surface area contributed by atoms with Crippen LogP contribution in [0.4, 0.5) is 0 Å². The molecule has 0 fully saturated rings. The lowest BCUT2D eigenvalue weighted by Crippen LogP contribution is -2.44. The smallest absolute Gasteiger partial charge is 0.224 e. The number of nitrogens with two attached hydrogens (primary N) is 16. The molecule has 8 atom stereocenters. The number of Topliss-reactive ketones (excluding diaryl/α,β-unsaturated/α-hetero) is 8. The van der Waals surface area contributed by atoms with E-state index in [-0.39, 0.29) is 327 Å². The first kappa shape index (κ1) is 107. The third-order valence-corrected chi connectivity index (χ3v) is 19.2. The van der Waals surface area contributed by atoms with Crippen LogP contribution in [0.1, 0.15) is 226 Å². The van der Waals surface area contributed by atoms with E-state index in [4.69, 9.17) is 91.7 Å². The molecule has 42 heteroatoms. The lowest BCUT2D eigenvalue weighted by Gasteiger charge is -2.22. The lowest BCUT2D eigenvalue weighted by molar-refractivity contribution is -0.133. The van der Waals surface area contributed by atoms with Gasteiger partial charge in [-0.2, -0.15) is 0 Å². The maximum atomic E-state index is 14.5. The fourth-order valence-corrected chi connectivity index (χ4v) is 12.7. The van der Waals surface area contributed by atoms with Gasteiger partial charge in [0.15, 0.2) is 65.0 Å². The summed E-state index contributed by atoms with van der Waals surface area (Å²) in [6.07, 6.45) is 3.29. The second kappa shape index (κ2) is 64.0. The number of rotatable bonds is 72. The molecule has 0 spiro atoms. The Hall–Kier alpha value is -11.1. The van der Waals surface area contributed by atoms with E-state index >= 15 is 0 Å². The summed E-state index contributed by atoms with van der Waals surface area (Å²) in [4.78, 5) is 210. The molecule has 5 amide bonds. The maximum absolute atomic E-state index is 14.5. The highest BCUT2D eigenvalue weighted by Crippen LogP contribution is 2.25. The number of aliphatic imine (C=N–C) groups is 8. The van der Waals surface area contributed by atoms with Crippen LogP contribution in [0, 0.1) is 41.4 Å². The Kier molecular flexibility index (Phi) is 58.0. The van der Waals surface area contributed by atoms with E-state index in [1.807, 2.05) is 6.92 Å². The third-order valence-electron chi connectivity index (χ3n) is 19.2. The molecule has 118 heavy (non-hydrogen) atoms. The normalized spacial score (nSPS) is 12.9. The summed E-state index contributed by atoms with van der Waals surface area (Å²) in [6, 6.07) is -2.18. The summed E-state index contributed by atoms with van der Waals surface area (Å²) < 4.78 is 0. The molecule has 0 aliphatic carbocycles. The van der Waals surface area contributed by atoms with Crippen LogP contribution < -0.4 is 118 Å². The maximum Gasteiger partial charge on any atom is 0.224 e. The van der Waals surface area contributed by atoms with Gasteiger partial charge < -0.3 is 118 Å². The molecule has 42 nitrogen and oxygen atoms in total. The quantitative estimate of drug-likeness (QED) is 0.0163. The first-order valence-corrected chi connectivity index (χ1v) is 40.9. The van der Waals surface area contributed by atoms with E-state index in [1.54, 1.807) is 13.8 Å². The summed E-state index contributed by atoms with van der Waals surface area (Å²) in [5, 5.41) is 14.0. The number of ketones is 8. The van der Waals surface area contributed by atoms with Crippen LogP contribution in [-0.4, -0.2) is 208 Å². The average molecular weight is 1670 g/mol. The molecule has 8 unspecified atom stereocenters. The number of hydrogen-bond acceptors (Lipinski definition) is 21. The Morgan fingerprint density at radius 3 is 0.797 bits per heavy atom. The highest BCUT2D eigenvalue weighted by atomic mass is 16.2. The van der Waals surface area contributed by atoms with Crippen molar-refractivity contribution in [3.63, 3.8) is 0 Å². The van der Waals surface area contributed by atoms with Crippen molar-refractivity contribution in [3.05, 3.63) is 0 Å². The largest absolute Gasteiger partial charge is 0.370 e. The minimum atomic E-state index is -1.10. The van der Waals surface area contributed by atoms with E-state index in [9.17, 15) is 62.3 Å². The van der Waals surface area contributed by atoms with Gasteiger partial charge in [-0.25, -0.2) is 0 Å². The molecule has 0 aromatic heterocycles. The van der Waals surface area contributed by atoms with Gasteiger partial charge in [-0.15, -0.1) is 0 Å². The topological polar surface area (TPSA) is 797 Å². The van der Waals surface area contributed by atoms with Crippen molar-refractivity contribution in [3.8, 4) is 0 Å². The van der Waals surface area contributed by atoms with Gasteiger partial charge in [0.25, 0.3) is 0 Å². The van der Waals surface area contributed by atoms with Crippen LogP contribution in [0.5, 0.6) is 0 Å². The summed E-state index contributed by atoms with van der Waals surface area (Å²) in [6.45, 7) is 6.57. The number of amides is 5. The zero-order valence-corrected chi connectivity index (χ0v) is 69.7. The fraction of sp³-hybridized carbons (Fsp3) is 0.724. The molecule has 0 aliphatic heterocycles. The predicted molar refractivity (Wildman–Crippen MR) is 458 cm³/mol. The molecule has 668 valence electrons. The molecule has 0 saturated heterocycles. The summed E-state index contributed by atoms with van der Waals surface area (Å²) >= 11 is 0. The van der Waals surface area contributed by atoms with Crippen LogP contribution in [0.15, 0.2) is 39.9 Å². The molecule has 0 saturated carbocycles. The Bertz CT molecular complexity index is 3380. The second-order valence-corrected chi connectivity index (χ2v) is 29.7. The van der Waals surface area contributed by atoms with E-state index in [2.05, 4.69) is 66.5 Å². The van der Waals surface area contributed by atoms with Crippen molar-refractivity contribution in [1.82, 2.24) is 26.6 Å². The lowest BCUT2D eigenvalue weighted by atomic mass is 9.85. The molecule has 0 aromatic carbocycles. The van der Waals surface area contributed by atoms with Gasteiger partial charge >= 0.3 is 0 Å². The molecule has 0 rings (SSSR count). The highest BCUT2D eigenvalue weighted by Gasteiger charge is 2.32. The summed E-state index contributed by atoms with van der Waals surface area (Å²) in [5.41, 5.74) is 88.6. The van der Waals surface area contributed by atoms with Crippen LogP contribution in [0.2, 0.25) is 0 Å². The Balaban J connectivity index is 6.59. The van der Waals surface area contributed by atoms with Crippen molar-refractivity contribution in [2.45, 2.75) is 238 Å². The Morgan fingerprint density at radius 1 is 0.254 bits per heavy atom. The van der Waals surface area contributed by atoms with E-state index in [0.29, 0.717) is 45.1 Å². The second-order valence-electron chi connectivity index (χ2n) is 29.7. The predicted octanol–water partition coefficient (Wildman–Crippen LogP) is -3.10. The van der Waals surface area contributed by atoms with Crippen molar-refractivity contribution < 1.29 is 62.3 Å². The minimum Gasteiger partial charge on any atom is -0.370 e. The highest BCUT2D eigenvalue weighted by molar-refractivity contribution is 5.96. The molecule has 0 aromatic rings. The Labute approximate surface area is 693 Å². The van der Waals surface area contributed by atoms with Crippen molar-refractivity contribution in [1.29, 1.82) is 0 Å². The zero-order valence-electron chi connectivity index (χ0n) is 69.7. The third kappa shape index (κ3) is 56.2. The van der Waals surface area contributed by atoms with E-state index in [0.717, 1.165) is 0 Å². The van der Waals surface area contributed by atoms with Crippen LogP contribution in [0.3, 0.4) is 0 Å². The van der Waals surface area contributed by atoms with Crippen LogP contribution in [0.25, 0.3) is 0 Å². The standard InChI is InChI=1S/C76H141N29O13/c1-4-48(17-7-33-95-69(77)78)64(114)93-31-13-25-56(108)43-51(20-10-36-98-72(83)84)67(117)104-58(27-15-39-101-75(89)90)60(110)29-5-23-54(106)41-49(18-8-34-96-70(79)80)62(112)45-53(22-12-38-100-74(87)88)65(115)94-32-14-26-57(109)44-52(21-11-37-99-73(85)86)68(118)105-59(28-16-40-102-76(91)92)61(111)30-6-24-55(107)42-50(19-9-35-97-71(81)82)66(116)103-46-63(113)47(2)3/h47-53,58-59H,4-46H2,1-3H3,(H,93,114)(H,94,115)(H,103,116)(H,104,117)(H,105,118)(H4,77,78,95)(H4,79,80,96)(H4,81,82,97)(H4,83,84,98)(H4,85,86,99)(H4,87,88,100)(H4,89,90,101)(H4,91,92,102). The van der Waals surface area contributed by atoms with E-state index in [1.165, 1.54) is 0 Å². The number of nitrogens with zero attached hydrogens (tertiary/aromatic N) is 8. The minimum absolute atomic E-state index is 0.0214. The van der Waals surface area contributed by atoms with Gasteiger partial charge in [0.2, 0.25) is 29.5 Å². The number of carbonyl (C=O) groups excluding carboxylic acids is 13. The summed E-state index contributed by atoms with van der Waals surface area (Å²) in [7, 11) is 0. The molecule has 0 aliphatic rings. The first-order valence-electron chi connectivity index (χ1n) is 40.9. The summed E-state index contributed by atoms with van der Waals surface area (Å²) in [5.74, 6) is -11.6. The van der Waals surface area contributed by atoms with Gasteiger partial charge in [-0.1, -0.05) is 20.8 Å². The number of hydrogen-bond donors (Lipinski definition) is 21. The zero-order chi connectivity index (χ0) is 88.9. The molecule has 0 bridgehead atoms. The fourth-order valence-electron chi connectivity index (χ4n) is 12.7. The van der Waals surface area contributed by atoms with Gasteiger partial charge in [-0.3, -0.25) is 102 Å². The monoisotopic (exact) mass is 1670 g/mol. The van der Waals surface area contributed by atoms with Crippen molar-refractivity contribution >= 4 is 123 Å². The molecular weight excluding hydrogens is 1530 g/mol.